The Morgan fingerprint density at radius 3 is 1.58 bits per heavy atom. The van der Waals surface area contributed by atoms with Gasteiger partial charge < -0.3 is 39.7 Å². The number of hydrogen-bond donors (Lipinski definition) is 5. The van der Waals surface area contributed by atoms with Crippen molar-refractivity contribution in [3.8, 4) is 22.3 Å². The molecule has 2 aromatic carbocycles. The van der Waals surface area contributed by atoms with Crippen molar-refractivity contribution in [3.05, 3.63) is 131 Å². The molecule has 0 bridgehead atoms. The number of likely N-dealkylation sites (N-methyl/N-ethyl adjacent to an activating group) is 1. The smallest absolute Gasteiger partial charge is 0.309 e. The number of halogens is 2. The largest absolute Gasteiger partial charge is 0.416 e. The minimum Gasteiger partial charge on any atom is -0.416 e. The highest BCUT2D eigenvalue weighted by Crippen LogP contribution is 2.32. The lowest BCUT2D eigenvalue weighted by atomic mass is 9.97. The predicted octanol–water partition coefficient (Wildman–Crippen LogP) is 7.84. The molecule has 20 heteroatoms. The monoisotopic (exact) mass is 964 g/mol. The summed E-state index contributed by atoms with van der Waals surface area (Å²) >= 11 is 0. The van der Waals surface area contributed by atoms with Crippen LogP contribution in [-0.2, 0) is 23.9 Å². The number of aromatic nitrogens is 10. The molecule has 6 aromatic heterocycles. The van der Waals surface area contributed by atoms with Gasteiger partial charge in [-0.2, -0.15) is 0 Å². The summed E-state index contributed by atoms with van der Waals surface area (Å²) in [6, 6.07) is 13.5. The van der Waals surface area contributed by atoms with Gasteiger partial charge in [0.05, 0.1) is 11.0 Å². The van der Waals surface area contributed by atoms with Gasteiger partial charge in [0.1, 0.15) is 23.3 Å². The molecule has 5 N–H and O–H groups in total. The number of aromatic amines is 2. The molecule has 71 heavy (non-hydrogen) atoms. The topological polar surface area (TPSA) is 234 Å². The van der Waals surface area contributed by atoms with E-state index in [4.69, 9.17) is 8.83 Å². The van der Waals surface area contributed by atoms with E-state index in [-0.39, 0.29) is 35.7 Å². The lowest BCUT2D eigenvalue weighted by molar-refractivity contribution is 0.0905. The Morgan fingerprint density at radius 2 is 1.17 bits per heavy atom. The Hall–Kier alpha value is -7.84. The van der Waals surface area contributed by atoms with Crippen molar-refractivity contribution < 1.29 is 27.2 Å². The number of nitrogens with one attached hydrogen (secondary N) is 5. The maximum absolute atomic E-state index is 15.0. The number of hydrogen-bond acceptors (Lipinski definition) is 14. The van der Waals surface area contributed by atoms with E-state index in [0.717, 1.165) is 84.0 Å². The number of carbonyl (C=O) groups is 2. The molecular weight excluding hydrogens is 911 g/mol. The van der Waals surface area contributed by atoms with E-state index in [0.29, 0.717) is 45.3 Å². The van der Waals surface area contributed by atoms with Crippen molar-refractivity contribution in [1.29, 1.82) is 0 Å². The Balaban J connectivity index is 0.000000176. The van der Waals surface area contributed by atoms with Crippen molar-refractivity contribution in [1.82, 2.24) is 71.1 Å². The highest BCUT2D eigenvalue weighted by atomic mass is 19.1. The molecule has 2 aliphatic rings. The highest BCUT2D eigenvalue weighted by Gasteiger charge is 2.26. The molecule has 0 radical (unpaired) electrons. The SMILES string of the molecule is CC(C)(C)c1nnc(C(=O)NCc2ccc(-c3ccnc4nc(C5=CCNCC5)[nH]c34)cc2F)o1.CN1CC=C(c2nc3nccc(-c4ccc(CNC(=O)c5nnc(C(C)(C)C)o5)c(F)c4)c3[nH]2)CC1. The Morgan fingerprint density at radius 1 is 0.676 bits per heavy atom. The molecule has 0 atom stereocenters. The first-order chi connectivity index (χ1) is 34.0. The number of pyridine rings is 2. The fourth-order valence-electron chi connectivity index (χ4n) is 7.89. The maximum atomic E-state index is 15.0. The molecule has 0 aliphatic carbocycles. The van der Waals surface area contributed by atoms with Crippen LogP contribution in [0.5, 0.6) is 0 Å². The van der Waals surface area contributed by atoms with Crippen LogP contribution in [-0.4, -0.2) is 100 Å². The number of benzene rings is 2. The van der Waals surface area contributed by atoms with Crippen molar-refractivity contribution in [2.75, 3.05) is 33.2 Å². The summed E-state index contributed by atoms with van der Waals surface area (Å²) in [5.41, 5.74) is 7.93. The van der Waals surface area contributed by atoms with E-state index < -0.39 is 23.4 Å². The van der Waals surface area contributed by atoms with Crippen LogP contribution < -0.4 is 16.0 Å². The number of imidazole rings is 2. The first-order valence-electron chi connectivity index (χ1n) is 23.3. The molecule has 8 aromatic rings. The van der Waals surface area contributed by atoms with E-state index in [1.54, 1.807) is 24.5 Å². The summed E-state index contributed by atoms with van der Waals surface area (Å²) in [6.45, 7) is 15.0. The van der Waals surface area contributed by atoms with Crippen molar-refractivity contribution in [2.24, 2.45) is 0 Å². The van der Waals surface area contributed by atoms with Gasteiger partial charge in [-0.25, -0.2) is 28.7 Å². The van der Waals surface area contributed by atoms with Gasteiger partial charge in [-0.15, -0.1) is 20.4 Å². The standard InChI is InChI=1S/C26H28FN7O2.C25H26FN7O2/c1-26(2,3)25-33-32-24(36-25)23(35)29-14-17-6-5-16(13-19(17)27)18-7-10-28-22-20(18)30-21(31-22)15-8-11-34(4)12-9-15;1-25(2,3)24-33-32-23(35-24)22(34)29-13-16-5-4-15(12-18(16)26)17-8-11-28-21-19(17)30-20(31-21)14-6-9-27-10-7-14/h5-8,10,13H,9,11-12,14H2,1-4H3,(H,29,35)(H,28,30,31);4-6,8,11-12,27H,7,9-10,13H2,1-3H3,(H,29,34)(H,28,30,31). The van der Waals surface area contributed by atoms with E-state index >= 15 is 4.39 Å². The van der Waals surface area contributed by atoms with Gasteiger partial charge >= 0.3 is 23.6 Å². The second-order valence-corrected chi connectivity index (χ2v) is 19.5. The zero-order valence-electron chi connectivity index (χ0n) is 40.5. The summed E-state index contributed by atoms with van der Waals surface area (Å²) in [5.74, 6) is 0.0449. The Labute approximate surface area is 407 Å². The molecule has 18 nitrogen and oxygen atoms in total. The van der Waals surface area contributed by atoms with Gasteiger partial charge in [0.2, 0.25) is 11.8 Å². The zero-order chi connectivity index (χ0) is 50.0. The minimum atomic E-state index is -0.551. The third-order valence-electron chi connectivity index (χ3n) is 12.0. The van der Waals surface area contributed by atoms with Crippen molar-refractivity contribution >= 4 is 45.3 Å². The molecule has 0 unspecified atom stereocenters. The first kappa shape index (κ1) is 48.2. The summed E-state index contributed by atoms with van der Waals surface area (Å²) in [6.07, 6.45) is 9.41. The van der Waals surface area contributed by atoms with Crippen molar-refractivity contribution in [2.45, 2.75) is 78.3 Å². The van der Waals surface area contributed by atoms with Crippen LogP contribution in [0.3, 0.4) is 0 Å². The molecule has 366 valence electrons. The van der Waals surface area contributed by atoms with Gasteiger partial charge in [-0.3, -0.25) is 9.59 Å². The molecule has 0 fully saturated rings. The van der Waals surface area contributed by atoms with Gasteiger partial charge in [0, 0.05) is 78.2 Å². The molecule has 8 heterocycles. The lowest BCUT2D eigenvalue weighted by Gasteiger charge is -2.20. The molecule has 0 saturated heterocycles. The number of carbonyl (C=O) groups excluding carboxylic acids is 2. The average molecular weight is 965 g/mol. The molecule has 2 aliphatic heterocycles. The van der Waals surface area contributed by atoms with E-state index in [9.17, 15) is 14.0 Å². The van der Waals surface area contributed by atoms with E-state index in [1.165, 1.54) is 12.1 Å². The van der Waals surface area contributed by atoms with Gasteiger partial charge in [0.15, 0.2) is 11.3 Å². The number of amides is 2. The third-order valence-corrected chi connectivity index (χ3v) is 12.0. The Kier molecular flexibility index (Phi) is 13.5. The van der Waals surface area contributed by atoms with E-state index in [2.05, 4.69) is 90.3 Å². The van der Waals surface area contributed by atoms with Gasteiger partial charge in [-0.05, 0) is 73.0 Å². The fourth-order valence-corrected chi connectivity index (χ4v) is 7.89. The predicted molar refractivity (Wildman–Crippen MR) is 262 cm³/mol. The summed E-state index contributed by atoms with van der Waals surface area (Å²) in [4.78, 5) is 51.8. The van der Waals surface area contributed by atoms with Crippen molar-refractivity contribution in [3.63, 3.8) is 0 Å². The van der Waals surface area contributed by atoms with Crippen LogP contribution in [0.4, 0.5) is 8.78 Å². The molecule has 2 amide bonds. The van der Waals surface area contributed by atoms with Gasteiger partial charge in [0.25, 0.3) is 0 Å². The first-order valence-corrected chi connectivity index (χ1v) is 23.3. The number of nitrogens with zero attached hydrogens (tertiary/aromatic N) is 9. The molecule has 0 spiro atoms. The third kappa shape index (κ3) is 10.8. The highest BCUT2D eigenvalue weighted by molar-refractivity contribution is 5.93. The normalized spacial score (nSPS) is 14.5. The van der Waals surface area contributed by atoms with Crippen LogP contribution in [0.25, 0.3) is 55.7 Å². The van der Waals surface area contributed by atoms with Crippen LogP contribution >= 0.6 is 0 Å². The second kappa shape index (κ2) is 19.9. The summed E-state index contributed by atoms with van der Waals surface area (Å²) in [5, 5.41) is 24.0. The Bertz CT molecular complexity index is 3340. The molecular formula is C51H54F2N14O4. The molecule has 10 rings (SSSR count). The summed E-state index contributed by atoms with van der Waals surface area (Å²) in [7, 11) is 2.09. The van der Waals surface area contributed by atoms with Gasteiger partial charge in [-0.1, -0.05) is 78.0 Å². The number of fused-ring (bicyclic) bond motifs is 2. The number of rotatable bonds is 10. The van der Waals surface area contributed by atoms with E-state index in [1.807, 2.05) is 65.8 Å². The minimum absolute atomic E-state index is 0.0132. The quantitative estimate of drug-likeness (QED) is 0.0879. The fraction of sp³-hybridized carbons (Fsp3) is 0.333. The number of H-pyrrole nitrogens is 2. The van der Waals surface area contributed by atoms with Crippen LogP contribution in [0.15, 0.2) is 81.9 Å². The second-order valence-electron chi connectivity index (χ2n) is 19.5. The zero-order valence-corrected chi connectivity index (χ0v) is 40.5. The van der Waals surface area contributed by atoms with Crippen LogP contribution in [0.1, 0.15) is 110 Å². The summed E-state index contributed by atoms with van der Waals surface area (Å²) < 4.78 is 40.9. The molecule has 0 saturated carbocycles. The van der Waals surface area contributed by atoms with Crippen LogP contribution in [0, 0.1) is 11.6 Å². The van der Waals surface area contributed by atoms with Crippen LogP contribution in [0.2, 0.25) is 0 Å². The lowest BCUT2D eigenvalue weighted by Crippen LogP contribution is -2.23. The maximum Gasteiger partial charge on any atom is 0.309 e. The average Bonchev–Trinajstić information content (AvgIpc) is 4.20.